The van der Waals surface area contributed by atoms with Gasteiger partial charge in [0, 0.05) is 24.5 Å². The van der Waals surface area contributed by atoms with Crippen molar-refractivity contribution in [3.05, 3.63) is 35.9 Å². The van der Waals surface area contributed by atoms with Gasteiger partial charge in [-0.15, -0.1) is 0 Å². The monoisotopic (exact) mass is 188 g/mol. The summed E-state index contributed by atoms with van der Waals surface area (Å²) in [6, 6.07) is 8.09. The summed E-state index contributed by atoms with van der Waals surface area (Å²) in [5.41, 5.74) is 9.24. The van der Waals surface area contributed by atoms with E-state index in [9.17, 15) is 0 Å². The highest BCUT2D eigenvalue weighted by Gasteiger charge is 2.09. The fraction of sp³-hybridized carbons (Fsp3) is 0.333. The number of anilines is 2. The van der Waals surface area contributed by atoms with Crippen LogP contribution in [0.3, 0.4) is 0 Å². The molecule has 0 amide bonds. The third-order valence-corrected chi connectivity index (χ3v) is 2.69. The van der Waals surface area contributed by atoms with E-state index in [4.69, 9.17) is 5.73 Å². The lowest BCUT2D eigenvalue weighted by Crippen LogP contribution is -2.27. The summed E-state index contributed by atoms with van der Waals surface area (Å²) in [5, 5.41) is 0. The Bertz CT molecular complexity index is 338. The second kappa shape index (κ2) is 3.74. The van der Waals surface area contributed by atoms with Crippen molar-refractivity contribution >= 4 is 11.4 Å². The minimum absolute atomic E-state index is 0.831. The molecule has 2 nitrogen and oxygen atoms in total. The van der Waals surface area contributed by atoms with Crippen LogP contribution in [0, 0.1) is 0 Å². The molecule has 14 heavy (non-hydrogen) atoms. The third kappa shape index (κ3) is 1.90. The summed E-state index contributed by atoms with van der Waals surface area (Å²) in [5.74, 6) is 0. The van der Waals surface area contributed by atoms with Gasteiger partial charge in [0.05, 0.1) is 0 Å². The SMILES string of the molecule is CC1=CCN(c2ccc(N)cc2)CC1. The second-order valence-electron chi connectivity index (χ2n) is 3.84. The van der Waals surface area contributed by atoms with Crippen LogP contribution in [0.1, 0.15) is 13.3 Å². The van der Waals surface area contributed by atoms with E-state index in [1.807, 2.05) is 12.1 Å². The topological polar surface area (TPSA) is 29.3 Å². The summed E-state index contributed by atoms with van der Waals surface area (Å²) >= 11 is 0. The fourth-order valence-corrected chi connectivity index (χ4v) is 1.69. The number of hydrogen-bond donors (Lipinski definition) is 1. The highest BCUT2D eigenvalue weighted by molar-refractivity contribution is 5.54. The summed E-state index contributed by atoms with van der Waals surface area (Å²) in [7, 11) is 0. The molecule has 1 aromatic rings. The molecule has 1 aromatic carbocycles. The predicted molar refractivity (Wildman–Crippen MR) is 61.4 cm³/mol. The van der Waals surface area contributed by atoms with Gasteiger partial charge < -0.3 is 10.6 Å². The van der Waals surface area contributed by atoms with Gasteiger partial charge in [0.2, 0.25) is 0 Å². The Kier molecular flexibility index (Phi) is 2.44. The Morgan fingerprint density at radius 1 is 1.21 bits per heavy atom. The van der Waals surface area contributed by atoms with Crippen LogP contribution in [0.2, 0.25) is 0 Å². The van der Waals surface area contributed by atoms with E-state index >= 15 is 0 Å². The van der Waals surface area contributed by atoms with Gasteiger partial charge in [-0.3, -0.25) is 0 Å². The molecule has 1 aliphatic heterocycles. The zero-order chi connectivity index (χ0) is 9.97. The van der Waals surface area contributed by atoms with Crippen LogP contribution in [0.4, 0.5) is 11.4 Å². The van der Waals surface area contributed by atoms with Crippen molar-refractivity contribution in [1.82, 2.24) is 0 Å². The molecular formula is C12H16N2. The van der Waals surface area contributed by atoms with E-state index in [-0.39, 0.29) is 0 Å². The minimum atomic E-state index is 0.831. The number of benzene rings is 1. The average Bonchev–Trinajstić information content (AvgIpc) is 2.21. The van der Waals surface area contributed by atoms with Gasteiger partial charge in [-0.25, -0.2) is 0 Å². The molecule has 1 heterocycles. The lowest BCUT2D eigenvalue weighted by atomic mass is 10.1. The Hall–Kier alpha value is -1.44. The maximum atomic E-state index is 5.65. The van der Waals surface area contributed by atoms with Gasteiger partial charge in [-0.2, -0.15) is 0 Å². The molecule has 2 rings (SSSR count). The van der Waals surface area contributed by atoms with E-state index in [1.54, 1.807) is 0 Å². The molecule has 2 heteroatoms. The first-order chi connectivity index (χ1) is 6.75. The van der Waals surface area contributed by atoms with Gasteiger partial charge in [0.25, 0.3) is 0 Å². The second-order valence-corrected chi connectivity index (χ2v) is 3.84. The van der Waals surface area contributed by atoms with Gasteiger partial charge in [0.15, 0.2) is 0 Å². The van der Waals surface area contributed by atoms with Gasteiger partial charge in [0.1, 0.15) is 0 Å². The Morgan fingerprint density at radius 3 is 2.50 bits per heavy atom. The van der Waals surface area contributed by atoms with Crippen molar-refractivity contribution in [3.63, 3.8) is 0 Å². The van der Waals surface area contributed by atoms with E-state index in [2.05, 4.69) is 30.0 Å². The fourth-order valence-electron chi connectivity index (χ4n) is 1.69. The zero-order valence-corrected chi connectivity index (χ0v) is 8.53. The zero-order valence-electron chi connectivity index (χ0n) is 8.53. The number of nitrogen functional groups attached to an aromatic ring is 1. The Morgan fingerprint density at radius 2 is 1.93 bits per heavy atom. The Labute approximate surface area is 85.0 Å². The first-order valence-corrected chi connectivity index (χ1v) is 5.02. The number of rotatable bonds is 1. The molecule has 0 unspecified atom stereocenters. The number of nitrogens with zero attached hydrogens (tertiary/aromatic N) is 1. The normalized spacial score (nSPS) is 16.6. The Balaban J connectivity index is 2.13. The molecule has 0 saturated heterocycles. The standard InChI is InChI=1S/C12H16N2/c1-10-6-8-14(9-7-10)12-4-2-11(13)3-5-12/h2-6H,7-9,13H2,1H3. The van der Waals surface area contributed by atoms with Crippen LogP contribution in [-0.2, 0) is 0 Å². The molecule has 74 valence electrons. The average molecular weight is 188 g/mol. The molecule has 0 saturated carbocycles. The van der Waals surface area contributed by atoms with Crippen LogP contribution in [-0.4, -0.2) is 13.1 Å². The van der Waals surface area contributed by atoms with Crippen molar-refractivity contribution < 1.29 is 0 Å². The molecular weight excluding hydrogens is 172 g/mol. The van der Waals surface area contributed by atoms with E-state index in [0.29, 0.717) is 0 Å². The lowest BCUT2D eigenvalue weighted by molar-refractivity contribution is 0.788. The van der Waals surface area contributed by atoms with Crippen molar-refractivity contribution in [3.8, 4) is 0 Å². The lowest BCUT2D eigenvalue weighted by Gasteiger charge is -2.27. The molecule has 0 aliphatic carbocycles. The highest BCUT2D eigenvalue weighted by Crippen LogP contribution is 2.20. The summed E-state index contributed by atoms with van der Waals surface area (Å²) < 4.78 is 0. The quantitative estimate of drug-likeness (QED) is 0.541. The summed E-state index contributed by atoms with van der Waals surface area (Å²) in [6.45, 7) is 4.34. The van der Waals surface area contributed by atoms with Crippen LogP contribution >= 0.6 is 0 Å². The highest BCUT2D eigenvalue weighted by atomic mass is 15.1. The maximum Gasteiger partial charge on any atom is 0.0370 e. The van der Waals surface area contributed by atoms with Crippen molar-refractivity contribution in [2.45, 2.75) is 13.3 Å². The van der Waals surface area contributed by atoms with Crippen molar-refractivity contribution in [1.29, 1.82) is 0 Å². The molecule has 0 spiro atoms. The molecule has 0 fully saturated rings. The largest absolute Gasteiger partial charge is 0.399 e. The van der Waals surface area contributed by atoms with Crippen LogP contribution in [0.25, 0.3) is 0 Å². The van der Waals surface area contributed by atoms with E-state index in [0.717, 1.165) is 18.8 Å². The van der Waals surface area contributed by atoms with Gasteiger partial charge in [-0.05, 0) is 37.6 Å². The van der Waals surface area contributed by atoms with Crippen LogP contribution in [0.15, 0.2) is 35.9 Å². The third-order valence-electron chi connectivity index (χ3n) is 2.69. The molecule has 1 aliphatic rings. The maximum absolute atomic E-state index is 5.65. The van der Waals surface area contributed by atoms with E-state index < -0.39 is 0 Å². The first kappa shape index (κ1) is 9.13. The van der Waals surface area contributed by atoms with E-state index in [1.165, 1.54) is 17.7 Å². The van der Waals surface area contributed by atoms with Crippen molar-refractivity contribution in [2.75, 3.05) is 23.7 Å². The molecule has 2 N–H and O–H groups in total. The van der Waals surface area contributed by atoms with Gasteiger partial charge >= 0.3 is 0 Å². The van der Waals surface area contributed by atoms with Crippen molar-refractivity contribution in [2.24, 2.45) is 0 Å². The molecule has 0 bridgehead atoms. The van der Waals surface area contributed by atoms with Crippen LogP contribution in [0.5, 0.6) is 0 Å². The van der Waals surface area contributed by atoms with Gasteiger partial charge in [-0.1, -0.05) is 11.6 Å². The smallest absolute Gasteiger partial charge is 0.0370 e. The minimum Gasteiger partial charge on any atom is -0.399 e. The van der Waals surface area contributed by atoms with Crippen LogP contribution < -0.4 is 10.6 Å². The summed E-state index contributed by atoms with van der Waals surface area (Å²) in [6.07, 6.45) is 3.46. The molecule has 0 radical (unpaired) electrons. The molecule has 0 aromatic heterocycles. The summed E-state index contributed by atoms with van der Waals surface area (Å²) in [4.78, 5) is 2.37. The first-order valence-electron chi connectivity index (χ1n) is 5.02. The molecule has 0 atom stereocenters. The number of hydrogen-bond acceptors (Lipinski definition) is 2. The number of nitrogens with two attached hydrogens (primary N) is 1. The predicted octanol–water partition coefficient (Wildman–Crippen LogP) is 2.43.